The van der Waals surface area contributed by atoms with Gasteiger partial charge in [0.2, 0.25) is 0 Å². The molecule has 2 aromatic carbocycles. The first-order valence-electron chi connectivity index (χ1n) is 7.99. The number of benzene rings is 2. The van der Waals surface area contributed by atoms with Gasteiger partial charge >= 0.3 is 88.7 Å². The maximum absolute atomic E-state index is 12.7. The Labute approximate surface area is 259 Å². The Morgan fingerprint density at radius 3 is 1.91 bits per heavy atom. The normalized spacial score (nSPS) is 11.2. The number of hydrogen-bond donors (Lipinski definition) is 1. The Kier molecular flexibility index (Phi) is 12.8. The van der Waals surface area contributed by atoms with Crippen molar-refractivity contribution in [2.75, 3.05) is 0 Å². The van der Waals surface area contributed by atoms with Crippen molar-refractivity contribution in [1.82, 2.24) is 9.78 Å². The molecule has 1 N–H and O–H groups in total. The van der Waals surface area contributed by atoms with Crippen LogP contribution in [0.2, 0.25) is 0 Å². The molecule has 0 aliphatic rings. The number of H-pyrrole nitrogens is 1. The van der Waals surface area contributed by atoms with Crippen LogP contribution >= 0.6 is 0 Å². The van der Waals surface area contributed by atoms with Gasteiger partial charge in [0.05, 0.1) is 27.1 Å². The maximum atomic E-state index is 12.7. The third-order valence-electron chi connectivity index (χ3n) is 3.84. The Morgan fingerprint density at radius 2 is 1.41 bits per heavy atom. The van der Waals surface area contributed by atoms with Gasteiger partial charge in [-0.1, -0.05) is 12.1 Å². The van der Waals surface area contributed by atoms with E-state index in [-0.39, 0.29) is 94.4 Å². The quantitative estimate of drug-likeness (QED) is 0.180. The molecule has 0 saturated heterocycles. The van der Waals surface area contributed by atoms with Gasteiger partial charge in [-0.25, -0.2) is 21.5 Å². The summed E-state index contributed by atoms with van der Waals surface area (Å²) in [7, 11) is -9.71. The molecule has 0 amide bonds. The molecule has 13 nitrogen and oxygen atoms in total. The summed E-state index contributed by atoms with van der Waals surface area (Å²) in [5.74, 6) is -1.87. The van der Waals surface area contributed by atoms with Gasteiger partial charge < -0.3 is 19.0 Å². The fraction of sp³-hybridized carbons (Fsp3) is 0. The number of aromatic carboxylic acids is 1. The van der Waals surface area contributed by atoms with Crippen LogP contribution in [-0.2, 0) is 20.2 Å². The molecule has 0 atom stereocenters. The van der Waals surface area contributed by atoms with Crippen molar-refractivity contribution < 1.29 is 125 Å². The molecule has 0 spiro atoms. The molecule has 0 aliphatic heterocycles. The van der Waals surface area contributed by atoms with Crippen molar-refractivity contribution in [2.45, 2.75) is 9.79 Å². The number of hydrogen-bond acceptors (Lipinski definition) is 11. The number of aromatic nitrogens is 2. The first kappa shape index (κ1) is 33.3. The SMILES string of the molecule is O=C([O-])c1[nH]n(-c2ccccc2S(=O)(=O)[O-])c(=O)c1N=Nc1ccc(S(=O)(=O)[O-])cc1.[Na+].[Na+].[Na+]. The topological polar surface area (TPSA) is 217 Å². The van der Waals surface area contributed by atoms with Gasteiger partial charge in [-0.3, -0.25) is 9.89 Å². The van der Waals surface area contributed by atoms with E-state index in [1.54, 1.807) is 0 Å². The van der Waals surface area contributed by atoms with E-state index in [2.05, 4.69) is 15.3 Å². The van der Waals surface area contributed by atoms with E-state index in [4.69, 9.17) is 0 Å². The number of carboxylic acids is 1. The molecule has 0 aliphatic carbocycles. The van der Waals surface area contributed by atoms with E-state index in [9.17, 15) is 40.6 Å². The summed E-state index contributed by atoms with van der Waals surface area (Å²) >= 11 is 0. The number of aromatic amines is 1. The average Bonchev–Trinajstić information content (AvgIpc) is 3.02. The molecule has 0 saturated carbocycles. The minimum absolute atomic E-state index is 0. The number of rotatable bonds is 6. The predicted octanol–water partition coefficient (Wildman–Crippen LogP) is -9.24. The monoisotopic (exact) mass is 534 g/mol. The van der Waals surface area contributed by atoms with Crippen LogP contribution in [-0.4, -0.2) is 41.7 Å². The molecule has 3 aromatic rings. The number of nitrogens with one attached hydrogen (secondary N) is 1. The summed E-state index contributed by atoms with van der Waals surface area (Å²) in [6.45, 7) is 0. The molecule has 34 heavy (non-hydrogen) atoms. The van der Waals surface area contributed by atoms with Gasteiger partial charge in [0.15, 0.2) is 5.69 Å². The van der Waals surface area contributed by atoms with E-state index >= 15 is 0 Å². The number of azo groups is 1. The number of carbonyl (C=O) groups is 1. The summed E-state index contributed by atoms with van der Waals surface area (Å²) in [6.07, 6.45) is 0. The van der Waals surface area contributed by atoms with E-state index in [1.807, 2.05) is 0 Å². The first-order valence-corrected chi connectivity index (χ1v) is 10.8. The summed E-state index contributed by atoms with van der Waals surface area (Å²) in [6, 6.07) is 8.58. The van der Waals surface area contributed by atoms with Crippen LogP contribution in [0.5, 0.6) is 0 Å². The molecule has 1 heterocycles. The molecule has 162 valence electrons. The second-order valence-electron chi connectivity index (χ2n) is 5.83. The minimum atomic E-state index is -5.02. The summed E-state index contributed by atoms with van der Waals surface area (Å²) in [5, 5.41) is 20.6. The molecule has 0 unspecified atom stereocenters. The van der Waals surface area contributed by atoms with Crippen molar-refractivity contribution in [1.29, 1.82) is 0 Å². The Morgan fingerprint density at radius 1 is 0.853 bits per heavy atom. The average molecular weight is 534 g/mol. The van der Waals surface area contributed by atoms with Crippen LogP contribution in [0.1, 0.15) is 10.5 Å². The number of carbonyl (C=O) groups excluding carboxylic acids is 1. The van der Waals surface area contributed by atoms with Gasteiger partial charge in [0.25, 0.3) is 5.56 Å². The van der Waals surface area contributed by atoms with Gasteiger partial charge in [0, 0.05) is 0 Å². The smallest absolute Gasteiger partial charge is 0.744 e. The largest absolute Gasteiger partial charge is 1.00 e. The van der Waals surface area contributed by atoms with Crippen LogP contribution in [0.25, 0.3) is 5.69 Å². The van der Waals surface area contributed by atoms with Crippen molar-refractivity contribution in [3.05, 3.63) is 64.6 Å². The van der Waals surface area contributed by atoms with E-state index in [1.165, 1.54) is 12.1 Å². The summed E-state index contributed by atoms with van der Waals surface area (Å²) in [4.78, 5) is 22.7. The number of nitrogens with zero attached hydrogens (tertiary/aromatic N) is 3. The fourth-order valence-electron chi connectivity index (χ4n) is 2.47. The molecule has 18 heteroatoms. The maximum Gasteiger partial charge on any atom is 1.00 e. The molecule has 0 bridgehead atoms. The summed E-state index contributed by atoms with van der Waals surface area (Å²) in [5.41, 5.74) is -3.27. The van der Waals surface area contributed by atoms with Gasteiger partial charge in [0.1, 0.15) is 25.9 Å². The molecule has 0 fully saturated rings. The van der Waals surface area contributed by atoms with Gasteiger partial charge in [-0.15, -0.1) is 5.11 Å². The first-order chi connectivity index (χ1) is 14.4. The zero-order valence-corrected chi connectivity index (χ0v) is 25.6. The second kappa shape index (κ2) is 13.0. The van der Waals surface area contributed by atoms with Crippen LogP contribution in [0.15, 0.2) is 73.3 Å². The Balaban J connectivity index is 0.00000363. The standard InChI is InChI=1S/C16H12N4O9S2.3Na/c21-15-13(18-17-9-5-7-10(8-6-9)30(24,25)26)14(16(22)23)19-20(15)11-3-1-2-4-12(11)31(27,28)29;;;/h1-8,19H,(H,22,23)(H,24,25,26)(H,27,28,29);;;/q;3*+1/p-3. The van der Waals surface area contributed by atoms with Crippen LogP contribution < -0.4 is 99.3 Å². The van der Waals surface area contributed by atoms with Crippen molar-refractivity contribution >= 4 is 37.6 Å². The third kappa shape index (κ3) is 7.67. The zero-order chi connectivity index (χ0) is 23.0. The van der Waals surface area contributed by atoms with E-state index in [0.29, 0.717) is 4.68 Å². The third-order valence-corrected chi connectivity index (χ3v) is 5.57. The van der Waals surface area contributed by atoms with Gasteiger partial charge in [-0.05, 0) is 36.4 Å². The molecule has 0 radical (unpaired) electrons. The van der Waals surface area contributed by atoms with E-state index < -0.39 is 58.6 Å². The van der Waals surface area contributed by atoms with Crippen LogP contribution in [0.3, 0.4) is 0 Å². The minimum Gasteiger partial charge on any atom is -0.744 e. The molecule has 3 rings (SSSR count). The molecular formula is C16H9N4Na3O9S2. The van der Waals surface area contributed by atoms with Crippen molar-refractivity contribution in [3.8, 4) is 5.69 Å². The number of carboxylic acid groups (broad SMARTS) is 1. The van der Waals surface area contributed by atoms with Crippen LogP contribution in [0, 0.1) is 0 Å². The van der Waals surface area contributed by atoms with Crippen molar-refractivity contribution in [2.24, 2.45) is 10.2 Å². The molecular weight excluding hydrogens is 525 g/mol. The van der Waals surface area contributed by atoms with E-state index in [0.717, 1.165) is 36.4 Å². The number of para-hydroxylation sites is 1. The Bertz CT molecular complexity index is 1480. The van der Waals surface area contributed by atoms with Crippen molar-refractivity contribution in [3.63, 3.8) is 0 Å². The summed E-state index contributed by atoms with van der Waals surface area (Å²) < 4.78 is 67.6. The van der Waals surface area contributed by atoms with Crippen LogP contribution in [0.4, 0.5) is 11.4 Å². The zero-order valence-electron chi connectivity index (χ0n) is 18.0. The molecule has 1 aromatic heterocycles. The predicted molar refractivity (Wildman–Crippen MR) is 97.3 cm³/mol. The van der Waals surface area contributed by atoms with Gasteiger partial charge in [-0.2, -0.15) is 5.11 Å². The Hall–Kier alpha value is -0.660. The fourth-order valence-corrected chi connectivity index (χ4v) is 3.60. The second-order valence-corrected chi connectivity index (χ2v) is 8.56.